The number of benzene rings is 3. The molecule has 0 saturated heterocycles. The zero-order chi connectivity index (χ0) is 18.5. The Balaban J connectivity index is 1.48. The molecule has 0 amide bonds. The van der Waals surface area contributed by atoms with Gasteiger partial charge in [-0.05, 0) is 41.7 Å². The molecule has 0 spiro atoms. The van der Waals surface area contributed by atoms with Crippen molar-refractivity contribution in [3.8, 4) is 5.75 Å². The minimum absolute atomic E-state index is 0.578. The van der Waals surface area contributed by atoms with Gasteiger partial charge in [-0.1, -0.05) is 72.8 Å². The van der Waals surface area contributed by atoms with Gasteiger partial charge < -0.3 is 4.74 Å². The van der Waals surface area contributed by atoms with Gasteiger partial charge in [-0.3, -0.25) is 4.98 Å². The molecule has 0 aliphatic carbocycles. The van der Waals surface area contributed by atoms with Crippen molar-refractivity contribution in [1.29, 1.82) is 0 Å². The monoisotopic (exact) mass is 353 g/mol. The predicted octanol–water partition coefficient (Wildman–Crippen LogP) is 5.91. The fourth-order valence-corrected chi connectivity index (χ4v) is 3.35. The summed E-state index contributed by atoms with van der Waals surface area (Å²) >= 11 is 0. The van der Waals surface area contributed by atoms with E-state index < -0.39 is 0 Å². The number of fused-ring (bicyclic) bond motifs is 1. The second-order valence-corrected chi connectivity index (χ2v) is 6.85. The van der Waals surface area contributed by atoms with Gasteiger partial charge in [-0.2, -0.15) is 0 Å². The van der Waals surface area contributed by atoms with Crippen LogP contribution in [0.2, 0.25) is 0 Å². The van der Waals surface area contributed by atoms with E-state index in [2.05, 4.69) is 65.6 Å². The van der Waals surface area contributed by atoms with Crippen molar-refractivity contribution in [2.24, 2.45) is 0 Å². The SMILES string of the molecule is Cc1cnc(CCc2cccc3ccccc23)cc1OCc1ccccc1. The van der Waals surface area contributed by atoms with E-state index >= 15 is 0 Å². The van der Waals surface area contributed by atoms with Gasteiger partial charge in [0.05, 0.1) is 0 Å². The van der Waals surface area contributed by atoms with Crippen LogP contribution in [0.15, 0.2) is 85.1 Å². The van der Waals surface area contributed by atoms with Gasteiger partial charge in [0.15, 0.2) is 0 Å². The molecule has 0 atom stereocenters. The smallest absolute Gasteiger partial charge is 0.126 e. The van der Waals surface area contributed by atoms with Gasteiger partial charge in [0.1, 0.15) is 12.4 Å². The Bertz CT molecular complexity index is 1040. The van der Waals surface area contributed by atoms with E-state index in [4.69, 9.17) is 4.74 Å². The lowest BCUT2D eigenvalue weighted by Gasteiger charge is -2.11. The summed E-state index contributed by atoms with van der Waals surface area (Å²) in [6.45, 7) is 2.62. The van der Waals surface area contributed by atoms with E-state index in [1.54, 1.807) is 0 Å². The molecule has 0 fully saturated rings. The summed E-state index contributed by atoms with van der Waals surface area (Å²) in [6, 6.07) is 27.4. The zero-order valence-corrected chi connectivity index (χ0v) is 15.6. The third kappa shape index (κ3) is 4.17. The fourth-order valence-electron chi connectivity index (χ4n) is 3.35. The van der Waals surface area contributed by atoms with Crippen molar-refractivity contribution in [3.63, 3.8) is 0 Å². The second-order valence-electron chi connectivity index (χ2n) is 6.85. The van der Waals surface area contributed by atoms with Crippen LogP contribution in [-0.2, 0) is 19.4 Å². The first kappa shape index (κ1) is 17.3. The van der Waals surface area contributed by atoms with Crippen LogP contribution in [0.4, 0.5) is 0 Å². The minimum Gasteiger partial charge on any atom is -0.489 e. The Morgan fingerprint density at radius 3 is 2.48 bits per heavy atom. The van der Waals surface area contributed by atoms with Crippen LogP contribution in [0.5, 0.6) is 5.75 Å². The van der Waals surface area contributed by atoms with Crippen LogP contribution in [0.1, 0.15) is 22.4 Å². The van der Waals surface area contributed by atoms with Crippen LogP contribution in [0, 0.1) is 6.92 Å². The number of rotatable bonds is 6. The highest BCUT2D eigenvalue weighted by atomic mass is 16.5. The fraction of sp³-hybridized carbons (Fsp3) is 0.160. The van der Waals surface area contributed by atoms with Crippen molar-refractivity contribution >= 4 is 10.8 Å². The van der Waals surface area contributed by atoms with E-state index in [9.17, 15) is 0 Å². The summed E-state index contributed by atoms with van der Waals surface area (Å²) in [6.07, 6.45) is 3.78. The van der Waals surface area contributed by atoms with Crippen LogP contribution < -0.4 is 4.74 Å². The Labute approximate surface area is 160 Å². The molecule has 0 aliphatic rings. The maximum absolute atomic E-state index is 6.05. The third-order valence-electron chi connectivity index (χ3n) is 4.88. The number of pyridine rings is 1. The molecule has 0 saturated carbocycles. The molecule has 134 valence electrons. The summed E-state index contributed by atoms with van der Waals surface area (Å²) in [5, 5.41) is 2.62. The molecule has 0 bridgehead atoms. The van der Waals surface area contributed by atoms with Gasteiger partial charge >= 0.3 is 0 Å². The highest BCUT2D eigenvalue weighted by Crippen LogP contribution is 2.22. The van der Waals surface area contributed by atoms with Crippen molar-refractivity contribution in [2.45, 2.75) is 26.4 Å². The van der Waals surface area contributed by atoms with Crippen molar-refractivity contribution in [3.05, 3.63) is 107 Å². The third-order valence-corrected chi connectivity index (χ3v) is 4.88. The first-order chi connectivity index (χ1) is 13.3. The molecule has 3 aromatic carbocycles. The first-order valence-electron chi connectivity index (χ1n) is 9.38. The summed E-state index contributed by atoms with van der Waals surface area (Å²) in [5.41, 5.74) is 4.67. The van der Waals surface area contributed by atoms with E-state index in [-0.39, 0.29) is 0 Å². The molecule has 1 aromatic heterocycles. The molecule has 27 heavy (non-hydrogen) atoms. The van der Waals surface area contributed by atoms with Crippen molar-refractivity contribution in [1.82, 2.24) is 4.98 Å². The summed E-state index contributed by atoms with van der Waals surface area (Å²) < 4.78 is 6.05. The van der Waals surface area contributed by atoms with Crippen LogP contribution in [-0.4, -0.2) is 4.98 Å². The summed E-state index contributed by atoms with van der Waals surface area (Å²) in [5.74, 6) is 0.918. The predicted molar refractivity (Wildman–Crippen MR) is 111 cm³/mol. The number of hydrogen-bond donors (Lipinski definition) is 0. The number of hydrogen-bond acceptors (Lipinski definition) is 2. The lowest BCUT2D eigenvalue weighted by Crippen LogP contribution is -2.01. The lowest BCUT2D eigenvalue weighted by molar-refractivity contribution is 0.303. The normalized spacial score (nSPS) is 10.9. The van der Waals surface area contributed by atoms with E-state index in [1.807, 2.05) is 31.3 Å². The largest absolute Gasteiger partial charge is 0.489 e. The van der Waals surface area contributed by atoms with E-state index in [0.29, 0.717) is 6.61 Å². The molecule has 4 aromatic rings. The molecule has 1 heterocycles. The van der Waals surface area contributed by atoms with Gasteiger partial charge in [0.2, 0.25) is 0 Å². The maximum atomic E-state index is 6.05. The van der Waals surface area contributed by atoms with Crippen LogP contribution in [0.3, 0.4) is 0 Å². The van der Waals surface area contributed by atoms with E-state index in [0.717, 1.165) is 29.8 Å². The van der Waals surface area contributed by atoms with Crippen LogP contribution >= 0.6 is 0 Å². The average molecular weight is 353 g/mol. The number of nitrogens with zero attached hydrogens (tertiary/aromatic N) is 1. The molecule has 2 heteroatoms. The van der Waals surface area contributed by atoms with Crippen molar-refractivity contribution < 1.29 is 4.74 Å². The Morgan fingerprint density at radius 1 is 0.815 bits per heavy atom. The first-order valence-corrected chi connectivity index (χ1v) is 9.38. The maximum Gasteiger partial charge on any atom is 0.126 e. The highest BCUT2D eigenvalue weighted by Gasteiger charge is 2.06. The van der Waals surface area contributed by atoms with Gasteiger partial charge in [-0.25, -0.2) is 0 Å². The van der Waals surface area contributed by atoms with Gasteiger partial charge in [-0.15, -0.1) is 0 Å². The Kier molecular flexibility index (Phi) is 5.15. The standard InChI is InChI=1S/C25H23NO/c1-19-17-26-23(16-25(19)27-18-20-8-3-2-4-9-20)15-14-22-12-7-11-21-10-5-6-13-24(21)22/h2-13,16-17H,14-15,18H2,1H3. The average Bonchev–Trinajstić information content (AvgIpc) is 2.73. The molecule has 0 unspecified atom stereocenters. The van der Waals surface area contributed by atoms with Gasteiger partial charge in [0.25, 0.3) is 0 Å². The molecule has 0 radical (unpaired) electrons. The number of aromatic nitrogens is 1. The lowest BCUT2D eigenvalue weighted by atomic mass is 10.00. The minimum atomic E-state index is 0.578. The molecule has 2 nitrogen and oxygen atoms in total. The number of ether oxygens (including phenoxy) is 1. The Morgan fingerprint density at radius 2 is 1.59 bits per heavy atom. The second kappa shape index (κ2) is 8.05. The number of aryl methyl sites for hydroxylation is 3. The van der Waals surface area contributed by atoms with Crippen LogP contribution in [0.25, 0.3) is 10.8 Å². The summed E-state index contributed by atoms with van der Waals surface area (Å²) in [4.78, 5) is 4.61. The molecular formula is C25H23NO. The molecular weight excluding hydrogens is 330 g/mol. The van der Waals surface area contributed by atoms with Crippen molar-refractivity contribution in [2.75, 3.05) is 0 Å². The topological polar surface area (TPSA) is 22.1 Å². The summed E-state index contributed by atoms with van der Waals surface area (Å²) in [7, 11) is 0. The molecule has 0 N–H and O–H groups in total. The zero-order valence-electron chi connectivity index (χ0n) is 15.6. The Hall–Kier alpha value is -3.13. The van der Waals surface area contributed by atoms with Gasteiger partial charge in [0, 0.05) is 23.5 Å². The molecule has 0 aliphatic heterocycles. The molecule has 4 rings (SSSR count). The highest BCUT2D eigenvalue weighted by molar-refractivity contribution is 5.85. The quantitative estimate of drug-likeness (QED) is 0.430. The van der Waals surface area contributed by atoms with E-state index in [1.165, 1.54) is 21.9 Å².